The second-order valence-corrected chi connectivity index (χ2v) is 14.9. The Labute approximate surface area is 310 Å². The van der Waals surface area contributed by atoms with Gasteiger partial charge in [0.05, 0.1) is 33.9 Å². The number of ether oxygens (including phenoxy) is 1. The van der Waals surface area contributed by atoms with Crippen molar-refractivity contribution in [2.45, 2.75) is 38.7 Å². The Hall–Kier alpha value is -5.48. The van der Waals surface area contributed by atoms with E-state index in [1.165, 1.54) is 23.1 Å². The van der Waals surface area contributed by atoms with Gasteiger partial charge in [-0.2, -0.15) is 0 Å². The van der Waals surface area contributed by atoms with Crippen molar-refractivity contribution in [2.24, 2.45) is 29.1 Å². The maximum Gasteiger partial charge on any atom is 0.241 e. The zero-order chi connectivity index (χ0) is 37.2. The number of halogens is 2. The SMILES string of the molecule is CC12C(=O)N(c3ccc(F)c(Cl)c3)C(=O)C1CC1C(=CCC3C(=O)N(CCc4ccc(O)cc4)C(=O)C31)C2c1ccc(OCc2ccccc2)cc1O. The highest BCUT2D eigenvalue weighted by molar-refractivity contribution is 6.31. The first-order chi connectivity index (χ1) is 25.5. The Morgan fingerprint density at radius 1 is 0.868 bits per heavy atom. The van der Waals surface area contributed by atoms with Crippen LogP contribution < -0.4 is 9.64 Å². The van der Waals surface area contributed by atoms with Crippen molar-refractivity contribution in [1.29, 1.82) is 0 Å². The Balaban J connectivity index is 1.17. The van der Waals surface area contributed by atoms with Crippen molar-refractivity contribution in [3.8, 4) is 17.2 Å². The highest BCUT2D eigenvalue weighted by Gasteiger charge is 2.67. The third-order valence-corrected chi connectivity index (χ3v) is 11.9. The first kappa shape index (κ1) is 34.6. The highest BCUT2D eigenvalue weighted by atomic mass is 35.5. The fraction of sp³-hybridized carbons (Fsp3) is 0.286. The van der Waals surface area contributed by atoms with Crippen LogP contribution in [0.25, 0.3) is 0 Å². The molecule has 2 aliphatic heterocycles. The molecule has 4 aromatic rings. The van der Waals surface area contributed by atoms with Crippen molar-refractivity contribution >= 4 is 40.9 Å². The lowest BCUT2D eigenvalue weighted by atomic mass is 9.51. The predicted octanol–water partition coefficient (Wildman–Crippen LogP) is 6.94. The van der Waals surface area contributed by atoms with Gasteiger partial charge in [0.1, 0.15) is 29.7 Å². The van der Waals surface area contributed by atoms with Gasteiger partial charge in [-0.25, -0.2) is 9.29 Å². The van der Waals surface area contributed by atoms with Crippen LogP contribution in [0.15, 0.2) is 103 Å². The van der Waals surface area contributed by atoms with E-state index in [9.17, 15) is 33.8 Å². The fourth-order valence-electron chi connectivity index (χ4n) is 9.02. The lowest BCUT2D eigenvalue weighted by Crippen LogP contribution is -2.48. The number of aromatic hydroxyl groups is 2. The third kappa shape index (κ3) is 5.67. The van der Waals surface area contributed by atoms with E-state index < -0.39 is 52.6 Å². The number of likely N-dealkylation sites (tertiary alicyclic amines) is 1. The van der Waals surface area contributed by atoms with Crippen LogP contribution in [0.4, 0.5) is 10.1 Å². The van der Waals surface area contributed by atoms with Crippen LogP contribution in [0.2, 0.25) is 5.02 Å². The van der Waals surface area contributed by atoms with E-state index in [0.29, 0.717) is 17.7 Å². The lowest BCUT2D eigenvalue weighted by molar-refractivity contribution is -0.140. The normalized spacial score (nSPS) is 26.3. The van der Waals surface area contributed by atoms with E-state index in [2.05, 4.69) is 0 Å². The summed E-state index contributed by atoms with van der Waals surface area (Å²) in [5.74, 6) is -5.74. The quantitative estimate of drug-likeness (QED) is 0.148. The van der Waals surface area contributed by atoms with E-state index in [1.807, 2.05) is 36.4 Å². The van der Waals surface area contributed by atoms with E-state index >= 15 is 0 Å². The Bertz CT molecular complexity index is 2190. The Morgan fingerprint density at radius 2 is 1.62 bits per heavy atom. The highest BCUT2D eigenvalue weighted by Crippen LogP contribution is 2.64. The summed E-state index contributed by atoms with van der Waals surface area (Å²) in [4.78, 5) is 59.5. The second kappa shape index (κ2) is 13.2. The fourth-order valence-corrected chi connectivity index (χ4v) is 9.19. The molecule has 2 N–H and O–H groups in total. The molecule has 1 saturated carbocycles. The number of carbonyl (C=O) groups is 4. The molecule has 8 rings (SSSR count). The van der Waals surface area contributed by atoms with Crippen LogP contribution >= 0.6 is 11.6 Å². The topological polar surface area (TPSA) is 124 Å². The summed E-state index contributed by atoms with van der Waals surface area (Å²) in [6.07, 6.45) is 2.70. The van der Waals surface area contributed by atoms with Gasteiger partial charge in [0.25, 0.3) is 0 Å². The second-order valence-electron chi connectivity index (χ2n) is 14.5. The monoisotopic (exact) mass is 734 g/mol. The zero-order valence-electron chi connectivity index (χ0n) is 28.7. The minimum absolute atomic E-state index is 0.118. The molecule has 6 atom stereocenters. The van der Waals surface area contributed by atoms with Gasteiger partial charge in [0, 0.05) is 24.1 Å². The number of rotatable bonds is 8. The van der Waals surface area contributed by atoms with Crippen LogP contribution in [0.5, 0.6) is 17.2 Å². The van der Waals surface area contributed by atoms with Crippen molar-refractivity contribution in [1.82, 2.24) is 4.90 Å². The van der Waals surface area contributed by atoms with Gasteiger partial charge in [-0.05, 0) is 79.6 Å². The molecule has 0 radical (unpaired) electrons. The van der Waals surface area contributed by atoms with Crippen LogP contribution in [-0.2, 0) is 32.2 Å². The van der Waals surface area contributed by atoms with Gasteiger partial charge in [0.2, 0.25) is 23.6 Å². The van der Waals surface area contributed by atoms with Crippen molar-refractivity contribution in [2.75, 3.05) is 11.4 Å². The van der Waals surface area contributed by atoms with Crippen molar-refractivity contribution in [3.05, 3.63) is 130 Å². The Kier molecular flexibility index (Phi) is 8.60. The molecule has 0 aromatic heterocycles. The number of fused-ring (bicyclic) bond motifs is 4. The van der Waals surface area contributed by atoms with Gasteiger partial charge in [-0.3, -0.25) is 24.1 Å². The zero-order valence-corrected chi connectivity index (χ0v) is 29.5. The Morgan fingerprint density at radius 3 is 2.34 bits per heavy atom. The smallest absolute Gasteiger partial charge is 0.241 e. The van der Waals surface area contributed by atoms with Crippen LogP contribution in [0, 0.1) is 34.9 Å². The number of anilines is 1. The third-order valence-electron chi connectivity index (χ3n) is 11.6. The first-order valence-electron chi connectivity index (χ1n) is 17.6. The number of phenolic OH excluding ortho intramolecular Hbond substituents is 2. The predicted molar refractivity (Wildman–Crippen MR) is 193 cm³/mol. The minimum Gasteiger partial charge on any atom is -0.508 e. The lowest BCUT2D eigenvalue weighted by Gasteiger charge is -2.49. The van der Waals surface area contributed by atoms with Gasteiger partial charge in [-0.15, -0.1) is 0 Å². The summed E-state index contributed by atoms with van der Waals surface area (Å²) in [5.41, 5.74) is 1.61. The molecule has 3 fully saturated rings. The summed E-state index contributed by atoms with van der Waals surface area (Å²) in [6, 6.07) is 24.7. The van der Waals surface area contributed by atoms with Crippen molar-refractivity contribution in [3.63, 3.8) is 0 Å². The molecule has 4 aliphatic rings. The molecule has 2 aliphatic carbocycles. The van der Waals surface area contributed by atoms with Gasteiger partial charge in [-0.1, -0.05) is 71.8 Å². The number of allylic oxidation sites excluding steroid dienone is 2. The maximum atomic E-state index is 14.7. The van der Waals surface area contributed by atoms with E-state index in [1.54, 1.807) is 43.3 Å². The molecule has 270 valence electrons. The number of phenols is 2. The molecule has 9 nitrogen and oxygen atoms in total. The van der Waals surface area contributed by atoms with Crippen LogP contribution in [-0.4, -0.2) is 45.3 Å². The van der Waals surface area contributed by atoms with E-state index in [0.717, 1.165) is 27.7 Å². The number of imide groups is 2. The van der Waals surface area contributed by atoms with E-state index in [-0.39, 0.29) is 60.0 Å². The average molecular weight is 735 g/mol. The molecule has 2 saturated heterocycles. The summed E-state index contributed by atoms with van der Waals surface area (Å²) < 4.78 is 20.2. The number of amides is 4. The number of hydrogen-bond donors (Lipinski definition) is 2. The summed E-state index contributed by atoms with van der Waals surface area (Å²) in [6.45, 7) is 2.13. The molecular weight excluding hydrogens is 699 g/mol. The van der Waals surface area contributed by atoms with Gasteiger partial charge in [0.15, 0.2) is 0 Å². The number of hydrogen-bond acceptors (Lipinski definition) is 7. The molecule has 0 bridgehead atoms. The van der Waals surface area contributed by atoms with Crippen LogP contribution in [0.3, 0.4) is 0 Å². The largest absolute Gasteiger partial charge is 0.508 e. The molecule has 2 heterocycles. The molecule has 6 unspecified atom stereocenters. The molecular formula is C42H36ClFN2O7. The molecule has 53 heavy (non-hydrogen) atoms. The summed E-state index contributed by atoms with van der Waals surface area (Å²) in [5, 5.41) is 21.1. The number of carbonyl (C=O) groups excluding carboxylic acids is 4. The molecule has 11 heteroatoms. The first-order valence-corrected chi connectivity index (χ1v) is 18.0. The molecule has 4 aromatic carbocycles. The minimum atomic E-state index is -1.42. The van der Waals surface area contributed by atoms with E-state index in [4.69, 9.17) is 16.3 Å². The number of nitrogens with zero attached hydrogens (tertiary/aromatic N) is 2. The summed E-state index contributed by atoms with van der Waals surface area (Å²) in [7, 11) is 0. The maximum absolute atomic E-state index is 14.7. The average Bonchev–Trinajstić information content (AvgIpc) is 3.51. The van der Waals surface area contributed by atoms with Crippen molar-refractivity contribution < 1.29 is 38.5 Å². The standard InChI is InChI=1S/C42H36ClFN2O7/c1-42-32(39(50)46(41(42)52)25-9-16-34(44)33(43)19-25)21-31-28(37(42)29-13-12-27(20-35(29)48)53-22-24-5-3-2-4-6-24)14-15-30-36(31)40(51)45(38(30)49)18-17-23-7-10-26(47)11-8-23/h2-14,16,19-20,30-32,36-37,47-48H,15,17-18,21-22H2,1H3. The molecule has 0 spiro atoms. The van der Waals surface area contributed by atoms with Gasteiger partial charge >= 0.3 is 0 Å². The van der Waals surface area contributed by atoms with Gasteiger partial charge < -0.3 is 14.9 Å². The summed E-state index contributed by atoms with van der Waals surface area (Å²) >= 11 is 6.11. The molecule has 4 amide bonds. The van der Waals surface area contributed by atoms with Crippen LogP contribution in [0.1, 0.15) is 42.4 Å². The number of benzene rings is 4.